The molecule has 1 saturated heterocycles. The number of rotatable bonds is 6. The van der Waals surface area contributed by atoms with Crippen LogP contribution in [0.1, 0.15) is 38.5 Å². The Morgan fingerprint density at radius 1 is 1.21 bits per heavy atom. The highest BCUT2D eigenvalue weighted by Gasteiger charge is 2.27. The van der Waals surface area contributed by atoms with E-state index in [0.29, 0.717) is 33.2 Å². The Kier molecular flexibility index (Phi) is 7.35. The predicted octanol–water partition coefficient (Wildman–Crippen LogP) is 4.55. The molecule has 1 amide bonds. The fourth-order valence-corrected chi connectivity index (χ4v) is 3.90. The molecule has 1 aliphatic rings. The molecule has 6 nitrogen and oxygen atoms in total. The van der Waals surface area contributed by atoms with E-state index in [0.717, 1.165) is 25.9 Å². The lowest BCUT2D eigenvalue weighted by Gasteiger charge is -2.34. The summed E-state index contributed by atoms with van der Waals surface area (Å²) in [6.07, 6.45) is 1.97. The number of carbonyl (C=O) groups excluding carboxylic acids is 1. The normalized spacial score (nSPS) is 16.6. The van der Waals surface area contributed by atoms with Crippen molar-refractivity contribution in [3.63, 3.8) is 0 Å². The number of nitrogens with one attached hydrogen (secondary N) is 2. The van der Waals surface area contributed by atoms with Gasteiger partial charge >= 0.3 is 0 Å². The Hall–Kier alpha value is -1.86. The lowest BCUT2D eigenvalue weighted by atomic mass is 9.95. The van der Waals surface area contributed by atoms with E-state index in [9.17, 15) is 9.90 Å². The van der Waals surface area contributed by atoms with E-state index in [1.165, 1.54) is 6.20 Å². The molecule has 2 heterocycles. The highest BCUT2D eigenvalue weighted by Crippen LogP contribution is 2.32. The summed E-state index contributed by atoms with van der Waals surface area (Å²) in [5.41, 5.74) is 0.890. The van der Waals surface area contributed by atoms with Crippen molar-refractivity contribution in [3.8, 4) is 0 Å². The van der Waals surface area contributed by atoms with E-state index < -0.39 is 6.23 Å². The van der Waals surface area contributed by atoms with Crippen molar-refractivity contribution < 1.29 is 9.90 Å². The van der Waals surface area contributed by atoms with E-state index in [-0.39, 0.29) is 11.8 Å². The third-order valence-corrected chi connectivity index (χ3v) is 5.78. The number of anilines is 2. The number of piperidine rings is 1. The third kappa shape index (κ3) is 5.60. The minimum absolute atomic E-state index is 0.0475. The van der Waals surface area contributed by atoms with Gasteiger partial charge < -0.3 is 20.6 Å². The first kappa shape index (κ1) is 21.8. The SMILES string of the molecule is CC(C)N1CCC(C(=O)Nc2cccc(Cl)c2C(O)Nc2ccc(Cl)cn2)CC1. The zero-order valence-corrected chi connectivity index (χ0v) is 18.0. The maximum Gasteiger partial charge on any atom is 0.227 e. The molecule has 29 heavy (non-hydrogen) atoms. The van der Waals surface area contributed by atoms with Crippen LogP contribution in [0.5, 0.6) is 0 Å². The summed E-state index contributed by atoms with van der Waals surface area (Å²) >= 11 is 12.2. The summed E-state index contributed by atoms with van der Waals surface area (Å²) in [6, 6.07) is 8.97. The zero-order valence-electron chi connectivity index (χ0n) is 16.5. The summed E-state index contributed by atoms with van der Waals surface area (Å²) in [7, 11) is 0. The van der Waals surface area contributed by atoms with Crippen LogP contribution in [-0.2, 0) is 4.79 Å². The van der Waals surface area contributed by atoms with Crippen LogP contribution in [0.4, 0.5) is 11.5 Å². The Balaban J connectivity index is 1.71. The molecule has 0 bridgehead atoms. The minimum atomic E-state index is -1.14. The smallest absolute Gasteiger partial charge is 0.227 e. The van der Waals surface area contributed by atoms with Crippen molar-refractivity contribution in [1.82, 2.24) is 9.88 Å². The first-order valence-corrected chi connectivity index (χ1v) is 10.5. The molecule has 156 valence electrons. The van der Waals surface area contributed by atoms with Gasteiger partial charge in [0, 0.05) is 29.4 Å². The molecular formula is C21H26Cl2N4O2. The number of nitrogens with zero attached hydrogens (tertiary/aromatic N) is 2. The minimum Gasteiger partial charge on any atom is -0.369 e. The van der Waals surface area contributed by atoms with Crippen molar-refractivity contribution >= 4 is 40.6 Å². The number of aliphatic hydroxyl groups excluding tert-OH is 1. The number of aliphatic hydroxyl groups is 1. The number of likely N-dealkylation sites (tertiary alicyclic amines) is 1. The van der Waals surface area contributed by atoms with E-state index in [2.05, 4.69) is 34.4 Å². The molecule has 3 rings (SSSR count). The quantitative estimate of drug-likeness (QED) is 0.578. The Morgan fingerprint density at radius 3 is 2.55 bits per heavy atom. The van der Waals surface area contributed by atoms with Gasteiger partial charge in [0.1, 0.15) is 5.82 Å². The Labute approximate surface area is 181 Å². The monoisotopic (exact) mass is 436 g/mol. The number of carbonyl (C=O) groups is 1. The molecule has 0 radical (unpaired) electrons. The molecule has 0 aliphatic carbocycles. The van der Waals surface area contributed by atoms with Crippen LogP contribution in [0.3, 0.4) is 0 Å². The Bertz CT molecular complexity index is 837. The van der Waals surface area contributed by atoms with Gasteiger partial charge in [0.05, 0.1) is 10.0 Å². The summed E-state index contributed by atoms with van der Waals surface area (Å²) in [6.45, 7) is 6.15. The average molecular weight is 437 g/mol. The van der Waals surface area contributed by atoms with E-state index in [4.69, 9.17) is 23.2 Å². The second-order valence-electron chi connectivity index (χ2n) is 7.50. The average Bonchev–Trinajstić information content (AvgIpc) is 2.69. The molecule has 0 spiro atoms. The lowest BCUT2D eigenvalue weighted by molar-refractivity contribution is -0.121. The molecule has 1 aliphatic heterocycles. The number of hydrogen-bond acceptors (Lipinski definition) is 5. The van der Waals surface area contributed by atoms with Gasteiger partial charge in [-0.1, -0.05) is 29.3 Å². The van der Waals surface area contributed by atoms with Crippen LogP contribution < -0.4 is 10.6 Å². The van der Waals surface area contributed by atoms with Gasteiger partial charge in [-0.2, -0.15) is 0 Å². The van der Waals surface area contributed by atoms with Crippen LogP contribution in [-0.4, -0.2) is 40.0 Å². The molecule has 3 N–H and O–H groups in total. The molecule has 2 aromatic rings. The molecule has 1 aromatic heterocycles. The van der Waals surface area contributed by atoms with E-state index in [1.54, 1.807) is 30.3 Å². The highest BCUT2D eigenvalue weighted by atomic mass is 35.5. The molecule has 8 heteroatoms. The van der Waals surface area contributed by atoms with E-state index in [1.807, 2.05) is 0 Å². The van der Waals surface area contributed by atoms with Crippen molar-refractivity contribution in [2.75, 3.05) is 23.7 Å². The van der Waals surface area contributed by atoms with Crippen LogP contribution in [0, 0.1) is 5.92 Å². The molecule has 1 atom stereocenters. The summed E-state index contributed by atoms with van der Waals surface area (Å²) < 4.78 is 0. The van der Waals surface area contributed by atoms with Crippen molar-refractivity contribution in [3.05, 3.63) is 52.1 Å². The molecule has 1 aromatic carbocycles. The molecule has 1 fully saturated rings. The van der Waals surface area contributed by atoms with Gasteiger partial charge in [-0.05, 0) is 64.0 Å². The van der Waals surface area contributed by atoms with Gasteiger partial charge in [-0.3, -0.25) is 4.79 Å². The maximum atomic E-state index is 12.8. The second-order valence-corrected chi connectivity index (χ2v) is 8.35. The number of amides is 1. The summed E-state index contributed by atoms with van der Waals surface area (Å²) in [4.78, 5) is 19.3. The number of aromatic nitrogens is 1. The van der Waals surface area contributed by atoms with Crippen molar-refractivity contribution in [2.24, 2.45) is 5.92 Å². The standard InChI is InChI=1S/C21H26Cl2N4O2/c1-13(2)27-10-8-14(9-11-27)20(28)25-17-5-3-4-16(23)19(17)21(29)26-18-7-6-15(22)12-24-18/h3-7,12-14,21,29H,8-11H2,1-2H3,(H,24,26)(H,25,28). The third-order valence-electron chi connectivity index (χ3n) is 5.23. The van der Waals surface area contributed by atoms with Crippen LogP contribution in [0.25, 0.3) is 0 Å². The van der Waals surface area contributed by atoms with Gasteiger partial charge in [0.15, 0.2) is 6.23 Å². The van der Waals surface area contributed by atoms with Crippen LogP contribution in [0.15, 0.2) is 36.5 Å². The summed E-state index contributed by atoms with van der Waals surface area (Å²) in [5, 5.41) is 17.4. The van der Waals surface area contributed by atoms with Gasteiger partial charge in [-0.15, -0.1) is 0 Å². The van der Waals surface area contributed by atoms with Gasteiger partial charge in [0.25, 0.3) is 0 Å². The van der Waals surface area contributed by atoms with Crippen molar-refractivity contribution in [2.45, 2.75) is 39.0 Å². The first-order chi connectivity index (χ1) is 13.8. The molecule has 1 unspecified atom stereocenters. The highest BCUT2D eigenvalue weighted by molar-refractivity contribution is 6.32. The number of halogens is 2. The number of pyridine rings is 1. The van der Waals surface area contributed by atoms with E-state index >= 15 is 0 Å². The largest absolute Gasteiger partial charge is 0.369 e. The maximum absolute atomic E-state index is 12.8. The van der Waals surface area contributed by atoms with Crippen LogP contribution >= 0.6 is 23.2 Å². The second kappa shape index (κ2) is 9.76. The first-order valence-electron chi connectivity index (χ1n) is 9.74. The topological polar surface area (TPSA) is 77.5 Å². The van der Waals surface area contributed by atoms with Crippen LogP contribution in [0.2, 0.25) is 10.0 Å². The fourth-order valence-electron chi connectivity index (χ4n) is 3.51. The molecule has 0 saturated carbocycles. The predicted molar refractivity (Wildman–Crippen MR) is 117 cm³/mol. The Morgan fingerprint density at radius 2 is 1.93 bits per heavy atom. The summed E-state index contributed by atoms with van der Waals surface area (Å²) in [5.74, 6) is 0.341. The molecular weight excluding hydrogens is 411 g/mol. The van der Waals surface area contributed by atoms with Crippen molar-refractivity contribution in [1.29, 1.82) is 0 Å². The zero-order chi connectivity index (χ0) is 21.0. The fraction of sp³-hybridized carbons (Fsp3) is 0.429. The number of benzene rings is 1. The van der Waals surface area contributed by atoms with Gasteiger partial charge in [0.2, 0.25) is 5.91 Å². The number of hydrogen-bond donors (Lipinski definition) is 3. The van der Waals surface area contributed by atoms with Gasteiger partial charge in [-0.25, -0.2) is 4.98 Å². The lowest BCUT2D eigenvalue weighted by Crippen LogP contribution is -2.41.